The first-order valence-electron chi connectivity index (χ1n) is 5.87. The minimum atomic E-state index is -1.09. The Hall–Kier alpha value is -2.14. The van der Waals surface area contributed by atoms with Crippen LogP contribution in [-0.4, -0.2) is 11.1 Å². The van der Waals surface area contributed by atoms with Crippen LogP contribution in [-0.2, 0) is 6.54 Å². The molecule has 0 unspecified atom stereocenters. The van der Waals surface area contributed by atoms with Crippen molar-refractivity contribution in [2.45, 2.75) is 19.5 Å². The highest BCUT2D eigenvalue weighted by Crippen LogP contribution is 2.14. The lowest BCUT2D eigenvalue weighted by Gasteiger charge is -2.13. The molecule has 1 heterocycles. The highest BCUT2D eigenvalue weighted by molar-refractivity contribution is 5.84. The molecule has 1 atom stereocenters. The summed E-state index contributed by atoms with van der Waals surface area (Å²) in [6.07, 6.45) is 0. The fraction of sp³-hybridized carbons (Fsp3) is 0.214. The van der Waals surface area contributed by atoms with Gasteiger partial charge in [0, 0.05) is 6.04 Å². The summed E-state index contributed by atoms with van der Waals surface area (Å²) < 4.78 is 17.9. The summed E-state index contributed by atoms with van der Waals surface area (Å²) in [5, 5.41) is 11.9. The summed E-state index contributed by atoms with van der Waals surface area (Å²) in [4.78, 5) is 10.7. The normalized spacial score (nSPS) is 12.3. The minimum Gasteiger partial charge on any atom is -0.475 e. The molecule has 2 aromatic rings. The second-order valence-corrected chi connectivity index (χ2v) is 4.23. The molecule has 0 bridgehead atoms. The average Bonchev–Trinajstić information content (AvgIpc) is 2.86. The number of benzene rings is 1. The molecular weight excluding hydrogens is 249 g/mol. The lowest BCUT2D eigenvalue weighted by atomic mass is 10.1. The van der Waals surface area contributed by atoms with Gasteiger partial charge in [-0.2, -0.15) is 0 Å². The van der Waals surface area contributed by atoms with E-state index in [9.17, 15) is 9.18 Å². The van der Waals surface area contributed by atoms with Gasteiger partial charge in [0.15, 0.2) is 0 Å². The average molecular weight is 263 g/mol. The topological polar surface area (TPSA) is 62.5 Å². The highest BCUT2D eigenvalue weighted by atomic mass is 19.1. The van der Waals surface area contributed by atoms with Crippen LogP contribution in [0.5, 0.6) is 0 Å². The predicted octanol–water partition coefficient (Wildman–Crippen LogP) is 2.97. The van der Waals surface area contributed by atoms with Crippen LogP contribution in [0, 0.1) is 5.82 Å². The molecule has 0 aliphatic carbocycles. The van der Waals surface area contributed by atoms with E-state index in [4.69, 9.17) is 9.52 Å². The van der Waals surface area contributed by atoms with Gasteiger partial charge in [0.25, 0.3) is 0 Å². The van der Waals surface area contributed by atoms with Crippen LogP contribution in [0.25, 0.3) is 0 Å². The first kappa shape index (κ1) is 13.3. The van der Waals surface area contributed by atoms with E-state index in [1.165, 1.54) is 18.2 Å². The zero-order valence-electron chi connectivity index (χ0n) is 10.4. The van der Waals surface area contributed by atoms with E-state index >= 15 is 0 Å². The van der Waals surface area contributed by atoms with E-state index in [0.717, 1.165) is 5.56 Å². The number of nitrogens with one attached hydrogen (secondary N) is 1. The standard InChI is InChI=1S/C14H14FNO3/c1-9(10-2-4-11(15)5-3-10)16-8-12-6-7-13(19-12)14(17)18/h2-7,9,16H,8H2,1H3,(H,17,18)/t9-/m0/s1. The smallest absolute Gasteiger partial charge is 0.371 e. The van der Waals surface area contributed by atoms with Crippen molar-refractivity contribution in [3.63, 3.8) is 0 Å². The van der Waals surface area contributed by atoms with Gasteiger partial charge in [0.1, 0.15) is 11.6 Å². The molecular formula is C14H14FNO3. The summed E-state index contributed by atoms with van der Waals surface area (Å²) in [6, 6.07) is 9.27. The fourth-order valence-electron chi connectivity index (χ4n) is 1.71. The number of hydrogen-bond donors (Lipinski definition) is 2. The maximum atomic E-state index is 12.8. The number of carbonyl (C=O) groups is 1. The Morgan fingerprint density at radius 3 is 2.58 bits per heavy atom. The molecule has 0 fully saturated rings. The number of rotatable bonds is 5. The molecule has 0 saturated heterocycles. The van der Waals surface area contributed by atoms with Gasteiger partial charge in [-0.3, -0.25) is 0 Å². The molecule has 1 aromatic heterocycles. The summed E-state index contributed by atoms with van der Waals surface area (Å²) in [7, 11) is 0. The molecule has 4 nitrogen and oxygen atoms in total. The Balaban J connectivity index is 1.94. The number of hydrogen-bond acceptors (Lipinski definition) is 3. The van der Waals surface area contributed by atoms with Crippen molar-refractivity contribution >= 4 is 5.97 Å². The Morgan fingerprint density at radius 1 is 1.32 bits per heavy atom. The number of furan rings is 1. The molecule has 0 radical (unpaired) electrons. The van der Waals surface area contributed by atoms with E-state index in [1.807, 2.05) is 6.92 Å². The van der Waals surface area contributed by atoms with Gasteiger partial charge in [-0.15, -0.1) is 0 Å². The molecule has 0 spiro atoms. The fourth-order valence-corrected chi connectivity index (χ4v) is 1.71. The maximum absolute atomic E-state index is 12.8. The van der Waals surface area contributed by atoms with Crippen molar-refractivity contribution in [1.82, 2.24) is 5.32 Å². The molecule has 1 aromatic carbocycles. The van der Waals surface area contributed by atoms with Gasteiger partial charge in [0.2, 0.25) is 5.76 Å². The Bertz CT molecular complexity index is 562. The quantitative estimate of drug-likeness (QED) is 0.870. The van der Waals surface area contributed by atoms with E-state index in [1.54, 1.807) is 18.2 Å². The van der Waals surface area contributed by atoms with E-state index in [-0.39, 0.29) is 17.6 Å². The van der Waals surface area contributed by atoms with E-state index in [0.29, 0.717) is 12.3 Å². The summed E-state index contributed by atoms with van der Waals surface area (Å²) in [5.74, 6) is -0.886. The van der Waals surface area contributed by atoms with Crippen LogP contribution >= 0.6 is 0 Å². The Kier molecular flexibility index (Phi) is 3.97. The highest BCUT2D eigenvalue weighted by Gasteiger charge is 2.10. The third-order valence-corrected chi connectivity index (χ3v) is 2.82. The number of halogens is 1. The summed E-state index contributed by atoms with van der Waals surface area (Å²) in [6.45, 7) is 2.35. The van der Waals surface area contributed by atoms with Gasteiger partial charge in [-0.1, -0.05) is 12.1 Å². The largest absolute Gasteiger partial charge is 0.475 e. The van der Waals surface area contributed by atoms with Gasteiger partial charge in [0.05, 0.1) is 6.54 Å². The van der Waals surface area contributed by atoms with E-state index < -0.39 is 5.97 Å². The monoisotopic (exact) mass is 263 g/mol. The third-order valence-electron chi connectivity index (χ3n) is 2.82. The number of carboxylic acid groups (broad SMARTS) is 1. The summed E-state index contributed by atoms with van der Waals surface area (Å²) in [5.41, 5.74) is 0.950. The minimum absolute atomic E-state index is 0.0129. The molecule has 2 N–H and O–H groups in total. The number of aromatic carboxylic acids is 1. The predicted molar refractivity (Wildman–Crippen MR) is 67.3 cm³/mol. The van der Waals surface area contributed by atoms with Crippen LogP contribution in [0.3, 0.4) is 0 Å². The Labute approximate surface area is 109 Å². The molecule has 0 aliphatic heterocycles. The van der Waals surface area contributed by atoms with E-state index in [2.05, 4.69) is 5.32 Å². The SMILES string of the molecule is C[C@H](NCc1ccc(C(=O)O)o1)c1ccc(F)cc1. The maximum Gasteiger partial charge on any atom is 0.371 e. The third kappa shape index (κ3) is 3.42. The van der Waals surface area contributed by atoms with Crippen molar-refractivity contribution in [2.24, 2.45) is 0 Å². The molecule has 19 heavy (non-hydrogen) atoms. The molecule has 2 rings (SSSR count). The van der Waals surface area contributed by atoms with Gasteiger partial charge in [-0.25, -0.2) is 9.18 Å². The van der Waals surface area contributed by atoms with Crippen molar-refractivity contribution < 1.29 is 18.7 Å². The first-order chi connectivity index (χ1) is 9.06. The lowest BCUT2D eigenvalue weighted by Crippen LogP contribution is -2.17. The van der Waals surface area contributed by atoms with Gasteiger partial charge >= 0.3 is 5.97 Å². The molecule has 0 amide bonds. The van der Waals surface area contributed by atoms with Crippen LogP contribution in [0.2, 0.25) is 0 Å². The van der Waals surface area contributed by atoms with Gasteiger partial charge in [-0.05, 0) is 36.8 Å². The first-order valence-corrected chi connectivity index (χ1v) is 5.87. The number of carboxylic acids is 1. The zero-order valence-corrected chi connectivity index (χ0v) is 10.4. The second-order valence-electron chi connectivity index (χ2n) is 4.23. The summed E-state index contributed by atoms with van der Waals surface area (Å²) >= 11 is 0. The Morgan fingerprint density at radius 2 is 2.00 bits per heavy atom. The van der Waals surface area contributed by atoms with Gasteiger partial charge < -0.3 is 14.8 Å². The molecule has 0 saturated carbocycles. The van der Waals surface area contributed by atoms with Crippen LogP contribution in [0.15, 0.2) is 40.8 Å². The van der Waals surface area contributed by atoms with Crippen LogP contribution < -0.4 is 5.32 Å². The molecule has 100 valence electrons. The second kappa shape index (κ2) is 5.67. The van der Waals surface area contributed by atoms with Crippen LogP contribution in [0.1, 0.15) is 34.8 Å². The van der Waals surface area contributed by atoms with Crippen molar-refractivity contribution in [2.75, 3.05) is 0 Å². The van der Waals surface area contributed by atoms with Crippen LogP contribution in [0.4, 0.5) is 4.39 Å². The lowest BCUT2D eigenvalue weighted by molar-refractivity contribution is 0.0660. The van der Waals surface area contributed by atoms with Crippen molar-refractivity contribution in [3.8, 4) is 0 Å². The molecule has 5 heteroatoms. The van der Waals surface area contributed by atoms with Crippen molar-refractivity contribution in [1.29, 1.82) is 0 Å². The molecule has 0 aliphatic rings. The zero-order chi connectivity index (χ0) is 13.8. The van der Waals surface area contributed by atoms with Crippen molar-refractivity contribution in [3.05, 3.63) is 59.3 Å².